The van der Waals surface area contributed by atoms with E-state index < -0.39 is 0 Å². The van der Waals surface area contributed by atoms with E-state index in [4.69, 9.17) is 0 Å². The van der Waals surface area contributed by atoms with Gasteiger partial charge in [-0.3, -0.25) is 0 Å². The zero-order chi connectivity index (χ0) is 10.9. The molecule has 0 aliphatic heterocycles. The molecule has 88 valence electrons. The fourth-order valence-corrected chi connectivity index (χ4v) is 2.92. The molecule has 2 saturated carbocycles. The van der Waals surface area contributed by atoms with Crippen LogP contribution in [-0.2, 0) is 0 Å². The van der Waals surface area contributed by atoms with Gasteiger partial charge >= 0.3 is 0 Å². The number of hydrogen-bond donors (Lipinski definition) is 1. The first kappa shape index (κ1) is 11.4. The molecule has 2 rings (SSSR count). The van der Waals surface area contributed by atoms with Crippen LogP contribution in [0, 0.1) is 23.2 Å². The van der Waals surface area contributed by atoms with Gasteiger partial charge in [-0.15, -0.1) is 0 Å². The maximum atomic E-state index is 3.69. The second-order valence-electron chi connectivity index (χ2n) is 6.67. The molecule has 0 spiro atoms. The van der Waals surface area contributed by atoms with E-state index in [-0.39, 0.29) is 0 Å². The first-order valence-corrected chi connectivity index (χ1v) is 6.78. The molecule has 2 aliphatic rings. The van der Waals surface area contributed by atoms with Crippen LogP contribution in [0.1, 0.15) is 52.9 Å². The smallest absolute Gasteiger partial charge is 0.00151 e. The van der Waals surface area contributed by atoms with E-state index in [1.807, 2.05) is 0 Å². The molecule has 0 aromatic heterocycles. The Morgan fingerprint density at radius 3 is 2.20 bits per heavy atom. The van der Waals surface area contributed by atoms with Crippen molar-refractivity contribution in [3.8, 4) is 0 Å². The zero-order valence-corrected chi connectivity index (χ0v) is 10.7. The van der Waals surface area contributed by atoms with Crippen LogP contribution in [0.2, 0.25) is 0 Å². The third-order valence-corrected chi connectivity index (χ3v) is 4.68. The van der Waals surface area contributed by atoms with Crippen molar-refractivity contribution in [1.29, 1.82) is 0 Å². The maximum absolute atomic E-state index is 3.69. The SMILES string of the molecule is CC1CCC(CNCC2CC2(C)C)CC1. The summed E-state index contributed by atoms with van der Waals surface area (Å²) in [7, 11) is 0. The molecule has 1 nitrogen and oxygen atoms in total. The minimum Gasteiger partial charge on any atom is -0.316 e. The molecule has 1 unspecified atom stereocenters. The Labute approximate surface area is 95.0 Å². The van der Waals surface area contributed by atoms with Crippen LogP contribution in [0.4, 0.5) is 0 Å². The summed E-state index contributed by atoms with van der Waals surface area (Å²) in [4.78, 5) is 0. The van der Waals surface area contributed by atoms with Crippen LogP contribution in [0.25, 0.3) is 0 Å². The van der Waals surface area contributed by atoms with Gasteiger partial charge in [0.2, 0.25) is 0 Å². The summed E-state index contributed by atoms with van der Waals surface area (Å²) in [6, 6.07) is 0. The normalized spacial score (nSPS) is 39.0. The Kier molecular flexibility index (Phi) is 3.39. The average molecular weight is 209 g/mol. The number of rotatable bonds is 4. The molecular weight excluding hydrogens is 182 g/mol. The third kappa shape index (κ3) is 3.21. The summed E-state index contributed by atoms with van der Waals surface area (Å²) in [5.41, 5.74) is 0.647. The van der Waals surface area contributed by atoms with Gasteiger partial charge in [0, 0.05) is 0 Å². The van der Waals surface area contributed by atoms with Crippen LogP contribution < -0.4 is 5.32 Å². The third-order valence-electron chi connectivity index (χ3n) is 4.68. The lowest BCUT2D eigenvalue weighted by Crippen LogP contribution is -2.28. The largest absolute Gasteiger partial charge is 0.316 e. The highest BCUT2D eigenvalue weighted by atomic mass is 14.9. The molecule has 0 saturated heterocycles. The lowest BCUT2D eigenvalue weighted by atomic mass is 9.83. The highest BCUT2D eigenvalue weighted by Crippen LogP contribution is 2.51. The average Bonchev–Trinajstić information content (AvgIpc) is 2.78. The van der Waals surface area contributed by atoms with Crippen molar-refractivity contribution in [3.63, 3.8) is 0 Å². The van der Waals surface area contributed by atoms with Gasteiger partial charge in [-0.05, 0) is 55.5 Å². The van der Waals surface area contributed by atoms with Crippen molar-refractivity contribution in [1.82, 2.24) is 5.32 Å². The monoisotopic (exact) mass is 209 g/mol. The lowest BCUT2D eigenvalue weighted by Gasteiger charge is -2.26. The van der Waals surface area contributed by atoms with E-state index in [1.54, 1.807) is 0 Å². The summed E-state index contributed by atoms with van der Waals surface area (Å²) < 4.78 is 0. The summed E-state index contributed by atoms with van der Waals surface area (Å²) in [5.74, 6) is 2.92. The van der Waals surface area contributed by atoms with Crippen molar-refractivity contribution >= 4 is 0 Å². The first-order valence-electron chi connectivity index (χ1n) is 6.78. The highest BCUT2D eigenvalue weighted by Gasteiger charge is 2.44. The van der Waals surface area contributed by atoms with Crippen LogP contribution in [-0.4, -0.2) is 13.1 Å². The predicted molar refractivity (Wildman–Crippen MR) is 65.9 cm³/mol. The van der Waals surface area contributed by atoms with Gasteiger partial charge in [-0.2, -0.15) is 0 Å². The number of hydrogen-bond acceptors (Lipinski definition) is 1. The summed E-state index contributed by atoms with van der Waals surface area (Å²) in [5, 5.41) is 3.69. The summed E-state index contributed by atoms with van der Waals surface area (Å²) >= 11 is 0. The van der Waals surface area contributed by atoms with Crippen LogP contribution in [0.3, 0.4) is 0 Å². The van der Waals surface area contributed by atoms with Crippen LogP contribution in [0.15, 0.2) is 0 Å². The summed E-state index contributed by atoms with van der Waals surface area (Å²) in [6.07, 6.45) is 7.27. The molecule has 0 radical (unpaired) electrons. The summed E-state index contributed by atoms with van der Waals surface area (Å²) in [6.45, 7) is 9.72. The number of nitrogens with one attached hydrogen (secondary N) is 1. The fraction of sp³-hybridized carbons (Fsp3) is 1.00. The van der Waals surface area contributed by atoms with E-state index in [1.165, 1.54) is 45.2 Å². The molecule has 0 amide bonds. The van der Waals surface area contributed by atoms with E-state index in [9.17, 15) is 0 Å². The Bertz CT molecular complexity index is 201. The molecule has 2 aliphatic carbocycles. The van der Waals surface area contributed by atoms with Crippen LogP contribution in [0.5, 0.6) is 0 Å². The Morgan fingerprint density at radius 2 is 1.67 bits per heavy atom. The molecule has 0 heterocycles. The Balaban J connectivity index is 1.55. The van der Waals surface area contributed by atoms with Crippen molar-refractivity contribution in [3.05, 3.63) is 0 Å². The highest BCUT2D eigenvalue weighted by molar-refractivity contribution is 4.96. The first-order chi connectivity index (χ1) is 7.08. The molecule has 1 N–H and O–H groups in total. The second kappa shape index (κ2) is 4.45. The maximum Gasteiger partial charge on any atom is -0.00151 e. The van der Waals surface area contributed by atoms with Gasteiger partial charge in [0.25, 0.3) is 0 Å². The second-order valence-corrected chi connectivity index (χ2v) is 6.67. The minimum atomic E-state index is 0.647. The Hall–Kier alpha value is -0.0400. The molecule has 1 heteroatoms. The van der Waals surface area contributed by atoms with Crippen molar-refractivity contribution in [2.24, 2.45) is 23.2 Å². The minimum absolute atomic E-state index is 0.647. The van der Waals surface area contributed by atoms with Gasteiger partial charge in [-0.1, -0.05) is 33.6 Å². The van der Waals surface area contributed by atoms with Gasteiger partial charge in [0.1, 0.15) is 0 Å². The molecule has 1 atom stereocenters. The van der Waals surface area contributed by atoms with Gasteiger partial charge < -0.3 is 5.32 Å². The predicted octanol–water partition coefficient (Wildman–Crippen LogP) is 3.45. The van der Waals surface area contributed by atoms with E-state index in [0.717, 1.165) is 17.8 Å². The zero-order valence-electron chi connectivity index (χ0n) is 10.7. The van der Waals surface area contributed by atoms with E-state index in [0.29, 0.717) is 5.41 Å². The van der Waals surface area contributed by atoms with Crippen molar-refractivity contribution in [2.75, 3.05) is 13.1 Å². The van der Waals surface area contributed by atoms with Crippen molar-refractivity contribution < 1.29 is 0 Å². The molecule has 0 aromatic rings. The van der Waals surface area contributed by atoms with E-state index in [2.05, 4.69) is 26.1 Å². The van der Waals surface area contributed by atoms with Crippen LogP contribution >= 0.6 is 0 Å². The molecule has 0 bridgehead atoms. The lowest BCUT2D eigenvalue weighted by molar-refractivity contribution is 0.280. The molecular formula is C14H27N. The molecule has 15 heavy (non-hydrogen) atoms. The van der Waals surface area contributed by atoms with E-state index >= 15 is 0 Å². The molecule has 2 fully saturated rings. The topological polar surface area (TPSA) is 12.0 Å². The van der Waals surface area contributed by atoms with Gasteiger partial charge in [0.05, 0.1) is 0 Å². The standard InChI is InChI=1S/C14H27N/c1-11-4-6-12(7-5-11)9-15-10-13-8-14(13,2)3/h11-13,15H,4-10H2,1-3H3. The van der Waals surface area contributed by atoms with Gasteiger partial charge in [-0.25, -0.2) is 0 Å². The van der Waals surface area contributed by atoms with Gasteiger partial charge in [0.15, 0.2) is 0 Å². The quantitative estimate of drug-likeness (QED) is 0.748. The molecule has 0 aromatic carbocycles. The Morgan fingerprint density at radius 1 is 1.07 bits per heavy atom. The van der Waals surface area contributed by atoms with Crippen molar-refractivity contribution in [2.45, 2.75) is 52.9 Å². The fourth-order valence-electron chi connectivity index (χ4n) is 2.92.